The molecular formula is C25H30FN3O3. The first-order valence-electron chi connectivity index (χ1n) is 11.0. The Morgan fingerprint density at radius 1 is 1.16 bits per heavy atom. The summed E-state index contributed by atoms with van der Waals surface area (Å²) in [5.41, 5.74) is 8.50. The topological polar surface area (TPSA) is 88.4 Å². The summed E-state index contributed by atoms with van der Waals surface area (Å²) in [4.78, 5) is 27.0. The molecule has 1 aliphatic rings. The summed E-state index contributed by atoms with van der Waals surface area (Å²) in [5.74, 6) is 0.00825. The van der Waals surface area contributed by atoms with Crippen LogP contribution in [0.5, 0.6) is 0 Å². The van der Waals surface area contributed by atoms with Crippen molar-refractivity contribution in [3.05, 3.63) is 71.7 Å². The second-order valence-corrected chi connectivity index (χ2v) is 7.82. The zero-order chi connectivity index (χ0) is 22.9. The van der Waals surface area contributed by atoms with Gasteiger partial charge in [-0.3, -0.25) is 4.79 Å². The fraction of sp³-hybridized carbons (Fsp3) is 0.360. The first-order chi connectivity index (χ1) is 15.5. The van der Waals surface area contributed by atoms with Crippen molar-refractivity contribution >= 4 is 22.9 Å². The fourth-order valence-electron chi connectivity index (χ4n) is 4.00. The van der Waals surface area contributed by atoms with Gasteiger partial charge < -0.3 is 20.4 Å². The van der Waals surface area contributed by atoms with Crippen molar-refractivity contribution < 1.29 is 18.7 Å². The van der Waals surface area contributed by atoms with Gasteiger partial charge in [0.25, 0.3) is 0 Å². The van der Waals surface area contributed by atoms with Gasteiger partial charge in [-0.25, -0.2) is 9.18 Å². The molecule has 2 heterocycles. The molecule has 0 bridgehead atoms. The Kier molecular flexibility index (Phi) is 8.25. The van der Waals surface area contributed by atoms with E-state index in [4.69, 9.17) is 10.5 Å². The number of primary amides is 1. The Balaban J connectivity index is 0.000000181. The molecule has 0 radical (unpaired) electrons. The maximum absolute atomic E-state index is 13.0. The highest BCUT2D eigenvalue weighted by Crippen LogP contribution is 2.28. The van der Waals surface area contributed by atoms with E-state index in [1.807, 2.05) is 37.4 Å². The number of nitrogens with zero attached hydrogens (tertiary/aromatic N) is 1. The Morgan fingerprint density at radius 3 is 2.59 bits per heavy atom. The van der Waals surface area contributed by atoms with Crippen LogP contribution in [0.3, 0.4) is 0 Å². The van der Waals surface area contributed by atoms with Gasteiger partial charge in [0, 0.05) is 36.6 Å². The summed E-state index contributed by atoms with van der Waals surface area (Å²) in [6.07, 6.45) is 4.83. The number of likely N-dealkylation sites (tertiary alicyclic amines) is 1. The van der Waals surface area contributed by atoms with Crippen LogP contribution >= 0.6 is 0 Å². The number of esters is 1. The third-order valence-corrected chi connectivity index (χ3v) is 5.71. The second kappa shape index (κ2) is 11.3. The van der Waals surface area contributed by atoms with Crippen molar-refractivity contribution in [2.45, 2.75) is 38.5 Å². The smallest absolute Gasteiger partial charge is 0.314 e. The van der Waals surface area contributed by atoms with Crippen molar-refractivity contribution in [2.75, 3.05) is 19.7 Å². The number of halogens is 1. The SMILES string of the molecule is CCOC(=O)CCc1c[nH]c2ccccc12.NC(=O)N1CCC(c2cccc(F)c2)CC1. The zero-order valence-electron chi connectivity index (χ0n) is 18.4. The Morgan fingerprint density at radius 2 is 1.91 bits per heavy atom. The number of carbonyl (C=O) groups excluding carboxylic acids is 2. The lowest BCUT2D eigenvalue weighted by Crippen LogP contribution is -2.41. The molecule has 0 unspecified atom stereocenters. The van der Waals surface area contributed by atoms with Crippen molar-refractivity contribution in [2.24, 2.45) is 5.73 Å². The molecule has 2 aromatic carbocycles. The summed E-state index contributed by atoms with van der Waals surface area (Å²) in [6.45, 7) is 3.60. The molecule has 3 aromatic rings. The van der Waals surface area contributed by atoms with Crippen LogP contribution in [0, 0.1) is 5.82 Å². The van der Waals surface area contributed by atoms with E-state index in [2.05, 4.69) is 11.1 Å². The second-order valence-electron chi connectivity index (χ2n) is 7.82. The first-order valence-corrected chi connectivity index (χ1v) is 11.0. The molecule has 0 atom stereocenters. The number of nitrogens with one attached hydrogen (secondary N) is 1. The molecule has 2 amide bonds. The minimum atomic E-state index is -0.363. The number of amides is 2. The number of carbonyl (C=O) groups is 2. The molecule has 0 aliphatic carbocycles. The first kappa shape index (κ1) is 23.3. The lowest BCUT2D eigenvalue weighted by atomic mass is 9.89. The van der Waals surface area contributed by atoms with E-state index < -0.39 is 0 Å². The highest BCUT2D eigenvalue weighted by atomic mass is 19.1. The van der Waals surface area contributed by atoms with Crippen LogP contribution in [0.25, 0.3) is 10.9 Å². The lowest BCUT2D eigenvalue weighted by molar-refractivity contribution is -0.143. The number of urea groups is 1. The summed E-state index contributed by atoms with van der Waals surface area (Å²) >= 11 is 0. The monoisotopic (exact) mass is 439 g/mol. The number of hydrogen-bond acceptors (Lipinski definition) is 3. The van der Waals surface area contributed by atoms with Gasteiger partial charge in [-0.1, -0.05) is 30.3 Å². The minimum absolute atomic E-state index is 0.132. The van der Waals surface area contributed by atoms with Crippen LogP contribution in [0.15, 0.2) is 54.7 Å². The van der Waals surface area contributed by atoms with Crippen molar-refractivity contribution in [3.8, 4) is 0 Å². The largest absolute Gasteiger partial charge is 0.466 e. The van der Waals surface area contributed by atoms with Gasteiger partial charge in [0.05, 0.1) is 6.61 Å². The van der Waals surface area contributed by atoms with Gasteiger partial charge in [-0.2, -0.15) is 0 Å². The van der Waals surface area contributed by atoms with Crippen molar-refractivity contribution in [1.29, 1.82) is 0 Å². The molecule has 7 heteroatoms. The van der Waals surface area contributed by atoms with Crippen LogP contribution in [-0.4, -0.2) is 41.6 Å². The van der Waals surface area contributed by atoms with Crippen LogP contribution in [-0.2, 0) is 16.0 Å². The number of piperidine rings is 1. The lowest BCUT2D eigenvalue weighted by Gasteiger charge is -2.30. The maximum atomic E-state index is 13.0. The standard InChI is InChI=1S/C13H15NO2.C12H15FN2O/c1-2-16-13(15)8-7-10-9-14-12-6-4-3-5-11(10)12;13-11-3-1-2-10(8-11)9-4-6-15(7-5-9)12(14)16/h3-6,9,14H,2,7-8H2,1H3;1-3,8-9H,4-7H2,(H2,14,16). The summed E-state index contributed by atoms with van der Waals surface area (Å²) in [6, 6.07) is 14.4. The van der Waals surface area contributed by atoms with E-state index in [0.29, 0.717) is 32.0 Å². The summed E-state index contributed by atoms with van der Waals surface area (Å²) in [5, 5.41) is 1.19. The number of aryl methyl sites for hydroxylation is 1. The molecule has 4 rings (SSSR count). The maximum Gasteiger partial charge on any atom is 0.314 e. The Bertz CT molecular complexity index is 1040. The van der Waals surface area contributed by atoms with Crippen molar-refractivity contribution in [1.82, 2.24) is 9.88 Å². The van der Waals surface area contributed by atoms with Crippen LogP contribution in [0.1, 0.15) is 43.2 Å². The number of fused-ring (bicyclic) bond motifs is 1. The average molecular weight is 440 g/mol. The predicted molar refractivity (Wildman–Crippen MR) is 123 cm³/mol. The van der Waals surface area contributed by atoms with E-state index in [1.165, 1.54) is 17.0 Å². The van der Waals surface area contributed by atoms with E-state index in [0.717, 1.165) is 30.3 Å². The molecule has 3 N–H and O–H groups in total. The van der Waals surface area contributed by atoms with Gasteiger partial charge in [0.1, 0.15) is 5.82 Å². The Hall–Kier alpha value is -3.35. The predicted octanol–water partition coefficient (Wildman–Crippen LogP) is 4.75. The van der Waals surface area contributed by atoms with Gasteiger partial charge in [0.2, 0.25) is 0 Å². The number of aromatic nitrogens is 1. The number of H-pyrrole nitrogens is 1. The molecule has 0 spiro atoms. The number of aromatic amines is 1. The number of hydrogen-bond donors (Lipinski definition) is 2. The summed E-state index contributed by atoms with van der Waals surface area (Å²) < 4.78 is 17.9. The number of rotatable bonds is 5. The molecule has 170 valence electrons. The average Bonchev–Trinajstić information content (AvgIpc) is 3.22. The molecular weight excluding hydrogens is 409 g/mol. The fourth-order valence-corrected chi connectivity index (χ4v) is 4.00. The van der Waals surface area contributed by atoms with Gasteiger partial charge in [0.15, 0.2) is 0 Å². The molecule has 32 heavy (non-hydrogen) atoms. The zero-order valence-corrected chi connectivity index (χ0v) is 18.4. The molecule has 1 aliphatic heterocycles. The summed E-state index contributed by atoms with van der Waals surface area (Å²) in [7, 11) is 0. The minimum Gasteiger partial charge on any atom is -0.466 e. The number of benzene rings is 2. The van der Waals surface area contributed by atoms with E-state index in [1.54, 1.807) is 17.0 Å². The molecule has 1 aromatic heterocycles. The van der Waals surface area contributed by atoms with E-state index in [-0.39, 0.29) is 17.8 Å². The van der Waals surface area contributed by atoms with Crippen LogP contribution in [0.4, 0.5) is 9.18 Å². The van der Waals surface area contributed by atoms with Gasteiger partial charge in [-0.05, 0) is 61.4 Å². The van der Waals surface area contributed by atoms with E-state index in [9.17, 15) is 14.0 Å². The molecule has 1 saturated heterocycles. The molecule has 6 nitrogen and oxygen atoms in total. The number of nitrogens with two attached hydrogens (primary N) is 1. The van der Waals surface area contributed by atoms with Crippen LogP contribution < -0.4 is 5.73 Å². The van der Waals surface area contributed by atoms with Crippen molar-refractivity contribution in [3.63, 3.8) is 0 Å². The van der Waals surface area contributed by atoms with Gasteiger partial charge in [-0.15, -0.1) is 0 Å². The highest BCUT2D eigenvalue weighted by Gasteiger charge is 2.22. The number of ether oxygens (including phenoxy) is 1. The molecule has 1 fully saturated rings. The van der Waals surface area contributed by atoms with E-state index >= 15 is 0 Å². The third kappa shape index (κ3) is 6.33. The Labute approximate surface area is 187 Å². The van der Waals surface area contributed by atoms with Crippen LogP contribution in [0.2, 0.25) is 0 Å². The third-order valence-electron chi connectivity index (χ3n) is 5.71. The quantitative estimate of drug-likeness (QED) is 0.563. The van der Waals surface area contributed by atoms with Gasteiger partial charge >= 0.3 is 12.0 Å². The normalized spacial score (nSPS) is 14.0. The number of para-hydroxylation sites is 1. The highest BCUT2D eigenvalue weighted by molar-refractivity contribution is 5.83. The molecule has 0 saturated carbocycles.